The molecule has 0 saturated carbocycles. The van der Waals surface area contributed by atoms with Gasteiger partial charge in [-0.15, -0.1) is 0 Å². The summed E-state index contributed by atoms with van der Waals surface area (Å²) in [4.78, 5) is 16.4. The number of amides is 1. The van der Waals surface area contributed by atoms with Gasteiger partial charge in [-0.2, -0.15) is 16.3 Å². The highest BCUT2D eigenvalue weighted by atomic mass is 32.1. The van der Waals surface area contributed by atoms with Crippen molar-refractivity contribution >= 4 is 22.9 Å². The van der Waals surface area contributed by atoms with Gasteiger partial charge in [0, 0.05) is 23.2 Å². The van der Waals surface area contributed by atoms with Crippen molar-refractivity contribution in [3.05, 3.63) is 52.5 Å². The van der Waals surface area contributed by atoms with Gasteiger partial charge in [0.1, 0.15) is 0 Å². The fourth-order valence-corrected chi connectivity index (χ4v) is 2.74. The van der Waals surface area contributed by atoms with E-state index in [9.17, 15) is 4.79 Å². The van der Waals surface area contributed by atoms with E-state index in [0.717, 1.165) is 5.56 Å². The molecule has 2 aromatic heterocycles. The number of benzene rings is 1. The molecule has 0 unspecified atom stereocenters. The van der Waals surface area contributed by atoms with Crippen molar-refractivity contribution in [3.8, 4) is 11.4 Å². The van der Waals surface area contributed by atoms with Crippen molar-refractivity contribution in [1.82, 2.24) is 15.5 Å². The molecule has 0 fully saturated rings. The molecule has 3 N–H and O–H groups in total. The molecular formula is C16H16N4O3S. The quantitative estimate of drug-likeness (QED) is 0.607. The number of aliphatic hydroxyl groups excluding tert-OH is 1. The third kappa shape index (κ3) is 3.79. The van der Waals surface area contributed by atoms with Crippen LogP contribution >= 0.6 is 11.3 Å². The number of rotatable bonds is 7. The van der Waals surface area contributed by atoms with Crippen LogP contribution in [0.15, 0.2) is 45.6 Å². The van der Waals surface area contributed by atoms with Gasteiger partial charge in [0.2, 0.25) is 11.7 Å². The molecule has 1 aromatic carbocycles. The fraction of sp³-hybridized carbons (Fsp3) is 0.188. The maximum atomic E-state index is 12.1. The summed E-state index contributed by atoms with van der Waals surface area (Å²) in [7, 11) is 0. The summed E-state index contributed by atoms with van der Waals surface area (Å²) < 4.78 is 5.22. The maximum absolute atomic E-state index is 12.1. The van der Waals surface area contributed by atoms with E-state index >= 15 is 0 Å². The molecule has 0 aliphatic heterocycles. The lowest BCUT2D eigenvalue weighted by Gasteiger charge is -2.10. The largest absolute Gasteiger partial charge is 0.395 e. The highest BCUT2D eigenvalue weighted by Gasteiger charge is 2.12. The van der Waals surface area contributed by atoms with Gasteiger partial charge in [-0.25, -0.2) is 0 Å². The average Bonchev–Trinajstić information content (AvgIpc) is 3.29. The highest BCUT2D eigenvalue weighted by Crippen LogP contribution is 2.20. The lowest BCUT2D eigenvalue weighted by molar-refractivity contribution is 0.0945. The predicted molar refractivity (Wildman–Crippen MR) is 90.8 cm³/mol. The minimum Gasteiger partial charge on any atom is -0.395 e. The number of anilines is 1. The number of carbonyl (C=O) groups is 1. The minimum absolute atomic E-state index is 0.102. The summed E-state index contributed by atoms with van der Waals surface area (Å²) >= 11 is 1.57. The van der Waals surface area contributed by atoms with Gasteiger partial charge in [-0.1, -0.05) is 17.3 Å². The Morgan fingerprint density at radius 1 is 1.29 bits per heavy atom. The van der Waals surface area contributed by atoms with Crippen LogP contribution < -0.4 is 10.6 Å². The van der Waals surface area contributed by atoms with Crippen LogP contribution in [-0.4, -0.2) is 34.3 Å². The van der Waals surface area contributed by atoms with E-state index in [4.69, 9.17) is 9.63 Å². The summed E-state index contributed by atoms with van der Waals surface area (Å²) in [5.74, 6) is 0.723. The van der Waals surface area contributed by atoms with E-state index in [1.54, 1.807) is 29.5 Å². The van der Waals surface area contributed by atoms with E-state index in [0.29, 0.717) is 29.5 Å². The number of thiophene rings is 1. The Balaban J connectivity index is 1.68. The molecule has 7 nitrogen and oxygen atoms in total. The van der Waals surface area contributed by atoms with Gasteiger partial charge in [-0.05, 0) is 23.6 Å². The van der Waals surface area contributed by atoms with E-state index in [1.165, 1.54) is 0 Å². The number of nitrogens with one attached hydrogen (secondary N) is 2. The topological polar surface area (TPSA) is 100 Å². The zero-order chi connectivity index (χ0) is 16.8. The van der Waals surface area contributed by atoms with E-state index in [1.807, 2.05) is 22.9 Å². The van der Waals surface area contributed by atoms with Crippen LogP contribution in [0.1, 0.15) is 16.2 Å². The van der Waals surface area contributed by atoms with Crippen molar-refractivity contribution in [3.63, 3.8) is 0 Å². The van der Waals surface area contributed by atoms with Crippen molar-refractivity contribution in [2.24, 2.45) is 0 Å². The number of aliphatic hydroxyl groups is 1. The van der Waals surface area contributed by atoms with Gasteiger partial charge in [0.05, 0.1) is 18.7 Å². The summed E-state index contributed by atoms with van der Waals surface area (Å²) in [6, 6.07) is 9.04. The molecule has 8 heteroatoms. The Bertz CT molecular complexity index is 801. The zero-order valence-electron chi connectivity index (χ0n) is 12.7. The molecule has 0 radical (unpaired) electrons. The zero-order valence-corrected chi connectivity index (χ0v) is 13.5. The smallest absolute Gasteiger partial charge is 0.253 e. The van der Waals surface area contributed by atoms with Gasteiger partial charge >= 0.3 is 0 Å². The van der Waals surface area contributed by atoms with Crippen molar-refractivity contribution in [2.75, 3.05) is 18.5 Å². The second-order valence-electron chi connectivity index (χ2n) is 4.90. The lowest BCUT2D eigenvalue weighted by atomic mass is 10.1. The van der Waals surface area contributed by atoms with Gasteiger partial charge < -0.3 is 20.3 Å². The highest BCUT2D eigenvalue weighted by molar-refractivity contribution is 7.08. The Morgan fingerprint density at radius 3 is 2.96 bits per heavy atom. The second-order valence-corrected chi connectivity index (χ2v) is 5.68. The fourth-order valence-electron chi connectivity index (χ4n) is 2.11. The van der Waals surface area contributed by atoms with Crippen LogP contribution in [0.2, 0.25) is 0 Å². The minimum atomic E-state index is -0.253. The number of nitrogens with zero attached hydrogens (tertiary/aromatic N) is 2. The Morgan fingerprint density at radius 2 is 2.17 bits per heavy atom. The van der Waals surface area contributed by atoms with Crippen LogP contribution in [-0.2, 0) is 6.54 Å². The summed E-state index contributed by atoms with van der Waals surface area (Å²) in [6.07, 6.45) is 0. The lowest BCUT2D eigenvalue weighted by Crippen LogP contribution is -2.27. The Kier molecular flexibility index (Phi) is 5.19. The van der Waals surface area contributed by atoms with E-state index in [2.05, 4.69) is 20.8 Å². The van der Waals surface area contributed by atoms with Crippen LogP contribution in [0.3, 0.4) is 0 Å². The molecule has 2 heterocycles. The second kappa shape index (κ2) is 7.71. The average molecular weight is 344 g/mol. The summed E-state index contributed by atoms with van der Waals surface area (Å²) in [5.41, 5.74) is 2.06. The first-order valence-electron chi connectivity index (χ1n) is 7.35. The van der Waals surface area contributed by atoms with Crippen LogP contribution in [0.4, 0.5) is 5.69 Å². The van der Waals surface area contributed by atoms with Gasteiger partial charge in [-0.3, -0.25) is 4.79 Å². The monoisotopic (exact) mass is 344 g/mol. The Labute approximate surface area is 142 Å². The molecule has 0 aliphatic rings. The molecular weight excluding hydrogens is 328 g/mol. The van der Waals surface area contributed by atoms with Crippen molar-refractivity contribution in [1.29, 1.82) is 0 Å². The standard InChI is InChI=1S/C16H16N4O3S/c21-7-6-17-16(22)12-3-1-2-4-13(12)18-9-14-19-15(20-23-14)11-5-8-24-10-11/h1-5,8,10,18,21H,6-7,9H2,(H,17,22). The van der Waals surface area contributed by atoms with Crippen molar-refractivity contribution < 1.29 is 14.4 Å². The predicted octanol–water partition coefficient (Wildman–Crippen LogP) is 2.13. The maximum Gasteiger partial charge on any atom is 0.253 e. The third-order valence-corrected chi connectivity index (χ3v) is 3.93. The summed E-state index contributed by atoms with van der Waals surface area (Å²) in [6.45, 7) is 0.414. The number of hydrogen-bond acceptors (Lipinski definition) is 7. The molecule has 1 amide bonds. The first-order valence-corrected chi connectivity index (χ1v) is 8.29. The van der Waals surface area contributed by atoms with Gasteiger partial charge in [0.15, 0.2) is 0 Å². The van der Waals surface area contributed by atoms with Crippen LogP contribution in [0.25, 0.3) is 11.4 Å². The van der Waals surface area contributed by atoms with Gasteiger partial charge in [0.25, 0.3) is 5.91 Å². The van der Waals surface area contributed by atoms with E-state index in [-0.39, 0.29) is 19.1 Å². The number of hydrogen-bond donors (Lipinski definition) is 3. The van der Waals surface area contributed by atoms with Crippen LogP contribution in [0, 0.1) is 0 Å². The van der Waals surface area contributed by atoms with E-state index < -0.39 is 0 Å². The SMILES string of the molecule is O=C(NCCO)c1ccccc1NCc1nc(-c2ccsc2)no1. The molecule has 3 rings (SSSR count). The molecule has 0 spiro atoms. The molecule has 0 aliphatic carbocycles. The third-order valence-electron chi connectivity index (χ3n) is 3.25. The number of aromatic nitrogens is 2. The first-order chi connectivity index (χ1) is 11.8. The Hall–Kier alpha value is -2.71. The molecule has 0 saturated heterocycles. The normalized spacial score (nSPS) is 10.5. The molecule has 124 valence electrons. The molecule has 0 atom stereocenters. The number of carbonyl (C=O) groups excluding carboxylic acids is 1. The molecule has 3 aromatic rings. The molecule has 24 heavy (non-hydrogen) atoms. The van der Waals surface area contributed by atoms with Crippen molar-refractivity contribution in [2.45, 2.75) is 6.54 Å². The number of para-hydroxylation sites is 1. The van der Waals surface area contributed by atoms with Crippen LogP contribution in [0.5, 0.6) is 0 Å². The first kappa shape index (κ1) is 16.2. The summed E-state index contributed by atoms with van der Waals surface area (Å²) in [5, 5.41) is 22.4. The molecule has 0 bridgehead atoms.